The molecule has 0 N–H and O–H groups in total. The fraction of sp³-hybridized carbons (Fsp3) is 0.269. The topological polar surface area (TPSA) is 92.0 Å². The minimum Gasteiger partial charge on any atom is -0.497 e. The zero-order chi connectivity index (χ0) is 24.2. The summed E-state index contributed by atoms with van der Waals surface area (Å²) in [6, 6.07) is 12.9. The number of carbonyl (C=O) groups is 1. The third-order valence-electron chi connectivity index (χ3n) is 5.91. The molecular weight excluding hydrogens is 462 g/mol. The van der Waals surface area contributed by atoms with E-state index in [2.05, 4.69) is 37.6 Å². The van der Waals surface area contributed by atoms with Crippen molar-refractivity contribution in [1.29, 1.82) is 0 Å². The van der Waals surface area contributed by atoms with Crippen molar-refractivity contribution in [3.05, 3.63) is 75.2 Å². The number of hydrogen-bond donors (Lipinski definition) is 0. The lowest BCUT2D eigenvalue weighted by Crippen LogP contribution is -2.08. The van der Waals surface area contributed by atoms with Gasteiger partial charge in [0.1, 0.15) is 5.75 Å². The van der Waals surface area contributed by atoms with Gasteiger partial charge in [0, 0.05) is 22.4 Å². The van der Waals surface area contributed by atoms with E-state index in [9.17, 15) is 4.79 Å². The number of rotatable bonds is 6. The van der Waals surface area contributed by atoms with Crippen LogP contribution < -0.4 is 4.74 Å². The third kappa shape index (κ3) is 5.23. The van der Waals surface area contributed by atoms with Gasteiger partial charge in [0.05, 0.1) is 32.0 Å². The van der Waals surface area contributed by atoms with Crippen molar-refractivity contribution in [2.24, 2.45) is 0 Å². The van der Waals surface area contributed by atoms with Gasteiger partial charge in [0.2, 0.25) is 5.82 Å². The van der Waals surface area contributed by atoms with Crippen LogP contribution in [0.4, 0.5) is 0 Å². The molecule has 2 aromatic heterocycles. The Bertz CT molecular complexity index is 1410. The molecule has 0 atom stereocenters. The summed E-state index contributed by atoms with van der Waals surface area (Å²) in [5.74, 6) is 7.56. The number of esters is 1. The van der Waals surface area contributed by atoms with Crippen LogP contribution >= 0.6 is 11.3 Å². The molecule has 8 nitrogen and oxygen atoms in total. The molecule has 0 bridgehead atoms. The van der Waals surface area contributed by atoms with Crippen molar-refractivity contribution in [2.45, 2.75) is 31.7 Å². The van der Waals surface area contributed by atoms with Crippen molar-refractivity contribution >= 4 is 17.3 Å². The molecule has 176 valence electrons. The second kappa shape index (κ2) is 10.1. The van der Waals surface area contributed by atoms with Gasteiger partial charge in [-0.1, -0.05) is 24.5 Å². The van der Waals surface area contributed by atoms with E-state index in [0.717, 1.165) is 22.0 Å². The molecule has 2 aromatic carbocycles. The highest BCUT2D eigenvalue weighted by molar-refractivity contribution is 7.10. The molecule has 0 saturated heterocycles. The van der Waals surface area contributed by atoms with Crippen LogP contribution in [-0.4, -0.2) is 45.4 Å². The molecule has 0 spiro atoms. The predicted octanol–water partition coefficient (Wildman–Crippen LogP) is 4.31. The fourth-order valence-electron chi connectivity index (χ4n) is 3.75. The summed E-state index contributed by atoms with van der Waals surface area (Å²) < 4.78 is 10.1. The first-order valence-electron chi connectivity index (χ1n) is 11.2. The van der Waals surface area contributed by atoms with Gasteiger partial charge in [0.15, 0.2) is 5.01 Å². The molecule has 0 unspecified atom stereocenters. The lowest BCUT2D eigenvalue weighted by Gasteiger charge is -2.22. The summed E-state index contributed by atoms with van der Waals surface area (Å²) in [6.07, 6.45) is 3.67. The maximum atomic E-state index is 12.3. The lowest BCUT2D eigenvalue weighted by atomic mass is 9.83. The van der Waals surface area contributed by atoms with Crippen molar-refractivity contribution in [1.82, 2.24) is 25.2 Å². The summed E-state index contributed by atoms with van der Waals surface area (Å²) in [5.41, 5.74) is 3.79. The van der Waals surface area contributed by atoms with Crippen LogP contribution in [0.3, 0.4) is 0 Å². The van der Waals surface area contributed by atoms with Crippen LogP contribution in [0.2, 0.25) is 0 Å². The van der Waals surface area contributed by atoms with E-state index in [0.29, 0.717) is 35.0 Å². The smallest absolute Gasteiger partial charge is 0.337 e. The average Bonchev–Trinajstić information content (AvgIpc) is 3.51. The predicted molar refractivity (Wildman–Crippen MR) is 131 cm³/mol. The first kappa shape index (κ1) is 22.7. The molecule has 0 radical (unpaired) electrons. The number of nitrogens with zero attached hydrogens (tertiary/aromatic N) is 5. The lowest BCUT2D eigenvalue weighted by molar-refractivity contribution is 0.0600. The molecule has 35 heavy (non-hydrogen) atoms. The highest BCUT2D eigenvalue weighted by Crippen LogP contribution is 2.36. The summed E-state index contributed by atoms with van der Waals surface area (Å²) in [6.45, 7) is 0.452. The van der Waals surface area contributed by atoms with E-state index >= 15 is 0 Å². The van der Waals surface area contributed by atoms with Crippen LogP contribution in [0.15, 0.2) is 47.8 Å². The van der Waals surface area contributed by atoms with Crippen LogP contribution in [0, 0.1) is 11.8 Å². The van der Waals surface area contributed by atoms with E-state index in [1.54, 1.807) is 30.6 Å². The molecule has 0 aliphatic heterocycles. The quantitative estimate of drug-likeness (QED) is 0.297. The molecule has 4 aromatic rings. The van der Waals surface area contributed by atoms with Crippen molar-refractivity contribution < 1.29 is 14.3 Å². The number of methoxy groups -OCH3 is 2. The minimum absolute atomic E-state index is 0.370. The SMILES string of the molecule is COC(=O)c1cc(C#Cc2nc(C3CCC3)cs2)cc(-c2nnn(Cc3ccc(OC)cc3)n2)c1. The number of tetrazole rings is 1. The monoisotopic (exact) mass is 485 g/mol. The average molecular weight is 486 g/mol. The zero-order valence-corrected chi connectivity index (χ0v) is 20.2. The van der Waals surface area contributed by atoms with E-state index in [1.807, 2.05) is 30.3 Å². The van der Waals surface area contributed by atoms with Gasteiger partial charge in [-0.05, 0) is 59.9 Å². The van der Waals surface area contributed by atoms with Gasteiger partial charge in [-0.25, -0.2) is 9.78 Å². The van der Waals surface area contributed by atoms with Crippen molar-refractivity contribution in [3.8, 4) is 29.0 Å². The summed E-state index contributed by atoms with van der Waals surface area (Å²) in [7, 11) is 2.98. The van der Waals surface area contributed by atoms with Gasteiger partial charge in [-0.2, -0.15) is 4.80 Å². The molecule has 1 aliphatic rings. The van der Waals surface area contributed by atoms with E-state index < -0.39 is 5.97 Å². The Hall–Kier alpha value is -4.03. The molecule has 5 rings (SSSR count). The Balaban J connectivity index is 1.40. The standard InChI is InChI=1S/C26H23N5O3S/c1-33-22-9-6-17(7-10-22)15-31-29-25(28-30-31)20-12-18(13-21(14-20)26(32)34-2)8-11-24-27-23(16-35-24)19-4-3-5-19/h6-7,9-10,12-14,16,19H,3-5,15H2,1-2H3. The Labute approximate surface area is 206 Å². The third-order valence-corrected chi connectivity index (χ3v) is 6.68. The Morgan fingerprint density at radius 1 is 1.14 bits per heavy atom. The van der Waals surface area contributed by atoms with Crippen LogP contribution in [0.25, 0.3) is 11.4 Å². The molecule has 1 aliphatic carbocycles. The number of ether oxygens (including phenoxy) is 2. The first-order valence-corrected chi connectivity index (χ1v) is 12.1. The van der Waals surface area contributed by atoms with Gasteiger partial charge in [0.25, 0.3) is 0 Å². The summed E-state index contributed by atoms with van der Waals surface area (Å²) in [4.78, 5) is 18.5. The second-order valence-corrected chi connectivity index (χ2v) is 9.10. The minimum atomic E-state index is -0.456. The zero-order valence-electron chi connectivity index (χ0n) is 19.4. The fourth-order valence-corrected chi connectivity index (χ4v) is 4.49. The highest BCUT2D eigenvalue weighted by Gasteiger charge is 2.21. The Kier molecular flexibility index (Phi) is 6.55. The summed E-state index contributed by atoms with van der Waals surface area (Å²) in [5, 5.41) is 15.7. The Morgan fingerprint density at radius 2 is 1.97 bits per heavy atom. The maximum Gasteiger partial charge on any atom is 0.337 e. The number of hydrogen-bond acceptors (Lipinski definition) is 8. The van der Waals surface area contributed by atoms with Crippen LogP contribution in [0.1, 0.15) is 57.4 Å². The molecule has 1 saturated carbocycles. The normalized spacial score (nSPS) is 13.0. The molecule has 2 heterocycles. The van der Waals surface area contributed by atoms with Crippen LogP contribution in [-0.2, 0) is 11.3 Å². The molecule has 0 amide bonds. The van der Waals surface area contributed by atoms with Crippen molar-refractivity contribution in [3.63, 3.8) is 0 Å². The van der Waals surface area contributed by atoms with E-state index in [-0.39, 0.29) is 0 Å². The number of benzene rings is 2. The van der Waals surface area contributed by atoms with Crippen molar-refractivity contribution in [2.75, 3.05) is 14.2 Å². The van der Waals surface area contributed by atoms with Crippen LogP contribution in [0.5, 0.6) is 5.75 Å². The molecule has 9 heteroatoms. The van der Waals surface area contributed by atoms with Gasteiger partial charge in [-0.3, -0.25) is 0 Å². The largest absolute Gasteiger partial charge is 0.497 e. The van der Waals surface area contributed by atoms with Gasteiger partial charge >= 0.3 is 5.97 Å². The van der Waals surface area contributed by atoms with E-state index in [4.69, 9.17) is 9.47 Å². The Morgan fingerprint density at radius 3 is 2.69 bits per heavy atom. The van der Waals surface area contributed by atoms with E-state index in [1.165, 1.54) is 31.2 Å². The first-order chi connectivity index (χ1) is 17.1. The molecule has 1 fully saturated rings. The maximum absolute atomic E-state index is 12.3. The number of thiazole rings is 1. The molecular formula is C26H23N5O3S. The highest BCUT2D eigenvalue weighted by atomic mass is 32.1. The van der Waals surface area contributed by atoms with Gasteiger partial charge < -0.3 is 9.47 Å². The number of aromatic nitrogens is 5. The van der Waals surface area contributed by atoms with Gasteiger partial charge in [-0.15, -0.1) is 21.5 Å². The number of carbonyl (C=O) groups excluding carboxylic acids is 1. The summed E-state index contributed by atoms with van der Waals surface area (Å²) >= 11 is 1.55. The second-order valence-electron chi connectivity index (χ2n) is 8.24.